The van der Waals surface area contributed by atoms with Crippen LogP contribution in [-0.2, 0) is 6.18 Å². The molecule has 7 heteroatoms. The Balaban J connectivity index is 2.10. The first kappa shape index (κ1) is 15.8. The van der Waals surface area contributed by atoms with E-state index in [0.717, 1.165) is 30.5 Å². The standard InChI is InChI=1S/C16H13ClF3NO2/c17-7-6-12-14(22)13(15(23-12)21-11-4-5-11)9-2-1-3-10(8-9)16(18,19)20/h1-3,6-8,11,21-22H,4-5H2. The van der Waals surface area contributed by atoms with Crippen LogP contribution in [0.2, 0.25) is 0 Å². The van der Waals surface area contributed by atoms with Crippen molar-refractivity contribution in [1.82, 2.24) is 0 Å². The smallest absolute Gasteiger partial charge is 0.416 e. The van der Waals surface area contributed by atoms with E-state index >= 15 is 0 Å². The molecule has 3 rings (SSSR count). The first-order valence-electron chi connectivity index (χ1n) is 6.97. The second-order valence-corrected chi connectivity index (χ2v) is 5.56. The Morgan fingerprint density at radius 3 is 2.65 bits per heavy atom. The molecule has 23 heavy (non-hydrogen) atoms. The summed E-state index contributed by atoms with van der Waals surface area (Å²) in [4.78, 5) is 0. The lowest BCUT2D eigenvalue weighted by atomic mass is 10.0. The largest absolute Gasteiger partial charge is 0.504 e. The predicted molar refractivity (Wildman–Crippen MR) is 82.3 cm³/mol. The van der Waals surface area contributed by atoms with Crippen LogP contribution in [0.3, 0.4) is 0 Å². The molecule has 0 spiro atoms. The molecule has 0 aliphatic heterocycles. The minimum atomic E-state index is -4.46. The molecule has 2 N–H and O–H groups in total. The average molecular weight is 344 g/mol. The maximum Gasteiger partial charge on any atom is 0.416 e. The third kappa shape index (κ3) is 3.32. The summed E-state index contributed by atoms with van der Waals surface area (Å²) in [6.45, 7) is 0. The van der Waals surface area contributed by atoms with E-state index in [9.17, 15) is 18.3 Å². The van der Waals surface area contributed by atoms with Gasteiger partial charge in [0.2, 0.25) is 5.88 Å². The van der Waals surface area contributed by atoms with Gasteiger partial charge in [0, 0.05) is 11.6 Å². The van der Waals surface area contributed by atoms with Gasteiger partial charge in [-0.3, -0.25) is 0 Å². The van der Waals surface area contributed by atoms with E-state index in [2.05, 4.69) is 5.32 Å². The van der Waals surface area contributed by atoms with Crippen molar-refractivity contribution in [1.29, 1.82) is 0 Å². The SMILES string of the molecule is Oc1c(C=CCl)oc(NC2CC2)c1-c1cccc(C(F)(F)F)c1. The maximum absolute atomic E-state index is 12.9. The van der Waals surface area contributed by atoms with Crippen molar-refractivity contribution in [2.24, 2.45) is 0 Å². The highest BCUT2D eigenvalue weighted by Crippen LogP contribution is 2.45. The van der Waals surface area contributed by atoms with Crippen molar-refractivity contribution in [3.8, 4) is 16.9 Å². The highest BCUT2D eigenvalue weighted by atomic mass is 35.5. The Hall–Kier alpha value is -2.08. The summed E-state index contributed by atoms with van der Waals surface area (Å²) < 4.78 is 44.2. The van der Waals surface area contributed by atoms with Crippen LogP contribution in [0.5, 0.6) is 5.75 Å². The van der Waals surface area contributed by atoms with Gasteiger partial charge in [-0.2, -0.15) is 13.2 Å². The number of nitrogens with one attached hydrogen (secondary N) is 1. The maximum atomic E-state index is 12.9. The van der Waals surface area contributed by atoms with Crippen LogP contribution in [0.1, 0.15) is 24.2 Å². The average Bonchev–Trinajstić information content (AvgIpc) is 3.24. The minimum absolute atomic E-state index is 0.0931. The van der Waals surface area contributed by atoms with E-state index in [-0.39, 0.29) is 34.6 Å². The molecule has 0 unspecified atom stereocenters. The number of rotatable bonds is 4. The summed E-state index contributed by atoms with van der Waals surface area (Å²) in [5, 5.41) is 13.4. The molecule has 0 amide bonds. The van der Waals surface area contributed by atoms with Gasteiger partial charge in [-0.05, 0) is 36.6 Å². The monoisotopic (exact) mass is 343 g/mol. The number of aromatic hydroxyl groups is 1. The van der Waals surface area contributed by atoms with Crippen LogP contribution < -0.4 is 5.32 Å². The molecule has 2 aromatic rings. The van der Waals surface area contributed by atoms with Crippen molar-refractivity contribution >= 4 is 23.6 Å². The normalized spacial score (nSPS) is 15.3. The predicted octanol–water partition coefficient (Wildman–Crippen LogP) is 5.45. The fourth-order valence-electron chi connectivity index (χ4n) is 2.24. The van der Waals surface area contributed by atoms with E-state index in [1.165, 1.54) is 18.2 Å². The Labute approximate surface area is 135 Å². The van der Waals surface area contributed by atoms with Gasteiger partial charge in [0.25, 0.3) is 0 Å². The van der Waals surface area contributed by atoms with Crippen molar-refractivity contribution in [2.75, 3.05) is 5.32 Å². The summed E-state index contributed by atoms with van der Waals surface area (Å²) >= 11 is 5.50. The zero-order chi connectivity index (χ0) is 16.6. The van der Waals surface area contributed by atoms with E-state index < -0.39 is 11.7 Å². The minimum Gasteiger partial charge on any atom is -0.504 e. The summed E-state index contributed by atoms with van der Waals surface area (Å²) in [6, 6.07) is 4.96. The topological polar surface area (TPSA) is 45.4 Å². The lowest BCUT2D eigenvalue weighted by Gasteiger charge is -2.09. The third-order valence-corrected chi connectivity index (χ3v) is 3.64. The van der Waals surface area contributed by atoms with E-state index in [1.807, 2.05) is 0 Å². The van der Waals surface area contributed by atoms with Crippen LogP contribution in [0, 0.1) is 0 Å². The van der Waals surface area contributed by atoms with E-state index in [4.69, 9.17) is 16.0 Å². The molecule has 0 radical (unpaired) electrons. The molecule has 1 aromatic carbocycles. The van der Waals surface area contributed by atoms with Crippen LogP contribution in [0.25, 0.3) is 17.2 Å². The van der Waals surface area contributed by atoms with Crippen LogP contribution >= 0.6 is 11.6 Å². The Bertz CT molecular complexity index is 748. The highest BCUT2D eigenvalue weighted by molar-refractivity contribution is 6.27. The van der Waals surface area contributed by atoms with E-state index in [1.54, 1.807) is 0 Å². The van der Waals surface area contributed by atoms with Crippen molar-refractivity contribution in [3.05, 3.63) is 41.1 Å². The van der Waals surface area contributed by atoms with Gasteiger partial charge in [0.1, 0.15) is 0 Å². The zero-order valence-corrected chi connectivity index (χ0v) is 12.6. The molecule has 0 bridgehead atoms. The van der Waals surface area contributed by atoms with Gasteiger partial charge in [-0.1, -0.05) is 23.7 Å². The van der Waals surface area contributed by atoms with Gasteiger partial charge in [0.05, 0.1) is 11.1 Å². The lowest BCUT2D eigenvalue weighted by molar-refractivity contribution is -0.137. The second kappa shape index (κ2) is 5.85. The van der Waals surface area contributed by atoms with Gasteiger partial charge >= 0.3 is 6.18 Å². The first-order valence-corrected chi connectivity index (χ1v) is 7.40. The number of alkyl halides is 3. The molecular formula is C16H13ClF3NO2. The molecule has 0 atom stereocenters. The Morgan fingerprint density at radius 1 is 1.30 bits per heavy atom. The number of furan rings is 1. The van der Waals surface area contributed by atoms with Gasteiger partial charge in [-0.15, -0.1) is 0 Å². The Morgan fingerprint density at radius 2 is 2.04 bits per heavy atom. The molecule has 3 nitrogen and oxygen atoms in total. The fourth-order valence-corrected chi connectivity index (χ4v) is 2.36. The van der Waals surface area contributed by atoms with Gasteiger partial charge < -0.3 is 14.8 Å². The molecule has 1 aliphatic carbocycles. The fraction of sp³-hybridized carbons (Fsp3) is 0.250. The van der Waals surface area contributed by atoms with Crippen molar-refractivity contribution in [3.63, 3.8) is 0 Å². The van der Waals surface area contributed by atoms with Crippen LogP contribution in [0.4, 0.5) is 19.1 Å². The summed E-state index contributed by atoms with van der Waals surface area (Å²) in [5.74, 6) is 0.0917. The molecule has 1 aliphatic rings. The number of anilines is 1. The zero-order valence-electron chi connectivity index (χ0n) is 11.8. The van der Waals surface area contributed by atoms with Gasteiger partial charge in [0.15, 0.2) is 11.5 Å². The summed E-state index contributed by atoms with van der Waals surface area (Å²) in [7, 11) is 0. The molecular weight excluding hydrogens is 331 g/mol. The summed E-state index contributed by atoms with van der Waals surface area (Å²) in [5.41, 5.74) is 0.795. The molecule has 0 saturated heterocycles. The first-order chi connectivity index (χ1) is 10.9. The lowest BCUT2D eigenvalue weighted by Crippen LogP contribution is -2.05. The van der Waals surface area contributed by atoms with Crippen LogP contribution in [-0.4, -0.2) is 11.1 Å². The number of halogens is 4. The van der Waals surface area contributed by atoms with Gasteiger partial charge in [-0.25, -0.2) is 0 Å². The third-order valence-electron chi connectivity index (χ3n) is 3.51. The summed E-state index contributed by atoms with van der Waals surface area (Å²) in [6.07, 6.45) is -1.22. The van der Waals surface area contributed by atoms with E-state index in [0.29, 0.717) is 0 Å². The van der Waals surface area contributed by atoms with Crippen molar-refractivity contribution in [2.45, 2.75) is 25.1 Å². The molecule has 1 aromatic heterocycles. The second-order valence-electron chi connectivity index (χ2n) is 5.31. The molecule has 1 fully saturated rings. The number of hydrogen-bond acceptors (Lipinski definition) is 3. The quantitative estimate of drug-likeness (QED) is 0.775. The Kier molecular flexibility index (Phi) is 4.02. The molecule has 1 heterocycles. The number of hydrogen-bond donors (Lipinski definition) is 2. The van der Waals surface area contributed by atoms with Crippen molar-refractivity contribution < 1.29 is 22.7 Å². The molecule has 122 valence electrons. The highest BCUT2D eigenvalue weighted by Gasteiger charge is 2.32. The number of benzene rings is 1. The molecule has 1 saturated carbocycles. The van der Waals surface area contributed by atoms with Crippen LogP contribution in [0.15, 0.2) is 34.2 Å².